The molecule has 5 nitrogen and oxygen atoms in total. The van der Waals surface area contributed by atoms with Crippen LogP contribution in [0.5, 0.6) is 0 Å². The minimum atomic E-state index is -0.284. The van der Waals surface area contributed by atoms with Gasteiger partial charge >= 0.3 is 0 Å². The van der Waals surface area contributed by atoms with Gasteiger partial charge in [0.15, 0.2) is 0 Å². The average Bonchev–Trinajstić information content (AvgIpc) is 2.41. The number of anilines is 2. The Hall–Kier alpha value is -2.14. The molecule has 2 aromatic rings. The fraction of sp³-hybridized carbons (Fsp3) is 0.0833. The molecule has 92 valence electrons. The molecule has 2 N–H and O–H groups in total. The van der Waals surface area contributed by atoms with E-state index in [1.165, 1.54) is 17.2 Å². The lowest BCUT2D eigenvalue weighted by molar-refractivity contribution is 0.0992. The summed E-state index contributed by atoms with van der Waals surface area (Å²) in [5.74, 6) is 0.499. The number of pyridine rings is 2. The standard InChI is InChI=1S/C12H11ClN4O/c1-17(11-4-2-3-5-15-11)12(18)8-6-10(14)16-7-9(8)13/h2-7H,1H3,(H2,14,16). The molecule has 0 saturated carbocycles. The largest absolute Gasteiger partial charge is 0.384 e. The number of nitrogens with two attached hydrogens (primary N) is 1. The number of hydrogen-bond acceptors (Lipinski definition) is 4. The van der Waals surface area contributed by atoms with Crippen LogP contribution >= 0.6 is 11.6 Å². The summed E-state index contributed by atoms with van der Waals surface area (Å²) in [6.07, 6.45) is 2.97. The van der Waals surface area contributed by atoms with Crippen molar-refractivity contribution in [1.29, 1.82) is 0 Å². The number of nitrogens with zero attached hydrogens (tertiary/aromatic N) is 3. The zero-order chi connectivity index (χ0) is 13.1. The topological polar surface area (TPSA) is 72.1 Å². The van der Waals surface area contributed by atoms with Gasteiger partial charge in [0.25, 0.3) is 5.91 Å². The van der Waals surface area contributed by atoms with Crippen LogP contribution < -0.4 is 10.6 Å². The van der Waals surface area contributed by atoms with E-state index in [2.05, 4.69) is 9.97 Å². The third-order valence-corrected chi connectivity index (χ3v) is 2.71. The molecule has 0 aliphatic rings. The zero-order valence-corrected chi connectivity index (χ0v) is 10.4. The predicted molar refractivity (Wildman–Crippen MR) is 70.6 cm³/mol. The van der Waals surface area contributed by atoms with Crippen molar-refractivity contribution in [2.24, 2.45) is 0 Å². The first kappa shape index (κ1) is 12.3. The Balaban J connectivity index is 2.34. The maximum atomic E-state index is 12.2. The first-order valence-electron chi connectivity index (χ1n) is 5.19. The Morgan fingerprint density at radius 2 is 2.17 bits per heavy atom. The van der Waals surface area contributed by atoms with Crippen molar-refractivity contribution in [3.8, 4) is 0 Å². The van der Waals surface area contributed by atoms with E-state index in [1.807, 2.05) is 0 Å². The molecule has 0 bridgehead atoms. The number of hydrogen-bond donors (Lipinski definition) is 1. The number of carbonyl (C=O) groups excluding carboxylic acids is 1. The highest BCUT2D eigenvalue weighted by molar-refractivity contribution is 6.34. The second kappa shape index (κ2) is 5.01. The summed E-state index contributed by atoms with van der Waals surface area (Å²) in [5.41, 5.74) is 5.85. The van der Waals surface area contributed by atoms with Crippen LogP contribution in [0, 0.1) is 0 Å². The lowest BCUT2D eigenvalue weighted by Gasteiger charge is -2.16. The van der Waals surface area contributed by atoms with Gasteiger partial charge in [0.05, 0.1) is 10.6 Å². The quantitative estimate of drug-likeness (QED) is 0.898. The van der Waals surface area contributed by atoms with Crippen LogP contribution in [0.3, 0.4) is 0 Å². The van der Waals surface area contributed by atoms with Crippen molar-refractivity contribution in [3.05, 3.63) is 47.2 Å². The number of carbonyl (C=O) groups is 1. The third-order valence-electron chi connectivity index (χ3n) is 2.40. The van der Waals surface area contributed by atoms with Gasteiger partial charge in [-0.15, -0.1) is 0 Å². The maximum absolute atomic E-state index is 12.2. The van der Waals surface area contributed by atoms with Crippen LogP contribution in [0.2, 0.25) is 5.02 Å². The van der Waals surface area contributed by atoms with Gasteiger partial charge < -0.3 is 5.73 Å². The highest BCUT2D eigenvalue weighted by Crippen LogP contribution is 2.20. The Morgan fingerprint density at radius 3 is 2.83 bits per heavy atom. The maximum Gasteiger partial charge on any atom is 0.260 e. The molecule has 18 heavy (non-hydrogen) atoms. The van der Waals surface area contributed by atoms with Crippen molar-refractivity contribution < 1.29 is 4.79 Å². The molecule has 0 aliphatic heterocycles. The van der Waals surface area contributed by atoms with E-state index < -0.39 is 0 Å². The molecule has 6 heteroatoms. The Morgan fingerprint density at radius 1 is 1.39 bits per heavy atom. The molecule has 1 amide bonds. The molecule has 0 aromatic carbocycles. The van der Waals surface area contributed by atoms with Gasteiger partial charge in [0, 0.05) is 19.4 Å². The number of rotatable bonds is 2. The first-order chi connectivity index (χ1) is 8.59. The Kier molecular flexibility index (Phi) is 3.43. The van der Waals surface area contributed by atoms with Crippen LogP contribution in [0.25, 0.3) is 0 Å². The van der Waals surface area contributed by atoms with Gasteiger partial charge in [-0.1, -0.05) is 17.7 Å². The monoisotopic (exact) mass is 262 g/mol. The van der Waals surface area contributed by atoms with Gasteiger partial charge in [-0.3, -0.25) is 9.69 Å². The highest BCUT2D eigenvalue weighted by Gasteiger charge is 2.17. The van der Waals surface area contributed by atoms with E-state index in [9.17, 15) is 4.79 Å². The fourth-order valence-corrected chi connectivity index (χ4v) is 1.64. The van der Waals surface area contributed by atoms with E-state index in [0.29, 0.717) is 11.4 Å². The molecule has 0 spiro atoms. The van der Waals surface area contributed by atoms with E-state index in [4.69, 9.17) is 17.3 Å². The van der Waals surface area contributed by atoms with E-state index in [-0.39, 0.29) is 16.7 Å². The molecule has 0 unspecified atom stereocenters. The number of halogens is 1. The van der Waals surface area contributed by atoms with E-state index in [1.54, 1.807) is 31.4 Å². The lowest BCUT2D eigenvalue weighted by Crippen LogP contribution is -2.27. The van der Waals surface area contributed by atoms with Crippen LogP contribution in [-0.4, -0.2) is 22.9 Å². The lowest BCUT2D eigenvalue weighted by atomic mass is 10.2. The van der Waals surface area contributed by atoms with Gasteiger partial charge in [-0.2, -0.15) is 0 Å². The summed E-state index contributed by atoms with van der Waals surface area (Å²) < 4.78 is 0. The van der Waals surface area contributed by atoms with Crippen LogP contribution in [0.15, 0.2) is 36.7 Å². The molecule has 0 fully saturated rings. The minimum absolute atomic E-state index is 0.247. The first-order valence-corrected chi connectivity index (χ1v) is 5.57. The van der Waals surface area contributed by atoms with Crippen molar-refractivity contribution in [3.63, 3.8) is 0 Å². The van der Waals surface area contributed by atoms with Crippen LogP contribution in [-0.2, 0) is 0 Å². The zero-order valence-electron chi connectivity index (χ0n) is 9.67. The second-order valence-electron chi connectivity index (χ2n) is 3.64. The molecule has 2 aromatic heterocycles. The SMILES string of the molecule is CN(C(=O)c1cc(N)ncc1Cl)c1ccccn1. The summed E-state index contributed by atoms with van der Waals surface area (Å²) in [6.45, 7) is 0. The predicted octanol–water partition coefficient (Wildman–Crippen LogP) is 1.99. The van der Waals surface area contributed by atoms with Crippen molar-refractivity contribution in [2.75, 3.05) is 17.7 Å². The van der Waals surface area contributed by atoms with Crippen LogP contribution in [0.4, 0.5) is 11.6 Å². The molecular formula is C12H11ClN4O. The van der Waals surface area contributed by atoms with E-state index >= 15 is 0 Å². The van der Waals surface area contributed by atoms with Gasteiger partial charge in [-0.05, 0) is 18.2 Å². The molecule has 2 rings (SSSR count). The normalized spacial score (nSPS) is 10.1. The van der Waals surface area contributed by atoms with Crippen molar-refractivity contribution >= 4 is 29.1 Å². The second-order valence-corrected chi connectivity index (χ2v) is 4.05. The highest BCUT2D eigenvalue weighted by atomic mass is 35.5. The third kappa shape index (κ3) is 2.41. The average molecular weight is 263 g/mol. The smallest absolute Gasteiger partial charge is 0.260 e. The van der Waals surface area contributed by atoms with Gasteiger partial charge in [0.2, 0.25) is 0 Å². The molecule has 0 saturated heterocycles. The van der Waals surface area contributed by atoms with Crippen molar-refractivity contribution in [2.45, 2.75) is 0 Å². The van der Waals surface area contributed by atoms with Crippen molar-refractivity contribution in [1.82, 2.24) is 9.97 Å². The fourth-order valence-electron chi connectivity index (χ4n) is 1.46. The number of aromatic nitrogens is 2. The molecule has 0 atom stereocenters. The molecule has 2 heterocycles. The molecule has 0 aliphatic carbocycles. The molecule has 0 radical (unpaired) electrons. The summed E-state index contributed by atoms with van der Waals surface area (Å²) >= 11 is 5.94. The van der Waals surface area contributed by atoms with Crippen LogP contribution in [0.1, 0.15) is 10.4 Å². The minimum Gasteiger partial charge on any atom is -0.384 e. The number of amides is 1. The summed E-state index contributed by atoms with van der Waals surface area (Å²) in [5, 5.41) is 0.261. The summed E-state index contributed by atoms with van der Waals surface area (Å²) in [4.78, 5) is 21.5. The summed E-state index contributed by atoms with van der Waals surface area (Å²) in [6, 6.07) is 6.76. The van der Waals surface area contributed by atoms with Gasteiger partial charge in [0.1, 0.15) is 11.6 Å². The summed E-state index contributed by atoms with van der Waals surface area (Å²) in [7, 11) is 1.62. The Bertz CT molecular complexity index is 574. The number of nitrogen functional groups attached to an aromatic ring is 1. The van der Waals surface area contributed by atoms with E-state index in [0.717, 1.165) is 0 Å². The van der Waals surface area contributed by atoms with Gasteiger partial charge in [-0.25, -0.2) is 9.97 Å². The molecular weight excluding hydrogens is 252 g/mol. The Labute approximate surface area is 109 Å².